The van der Waals surface area contributed by atoms with Crippen LogP contribution in [0.4, 0.5) is 0 Å². The van der Waals surface area contributed by atoms with Gasteiger partial charge in [-0.05, 0) is 26.7 Å². The number of aliphatic hydroxyl groups is 15. The minimum Gasteiger partial charge on any atom is -0.469 e. The summed E-state index contributed by atoms with van der Waals surface area (Å²) in [5.74, 6) is -1.94. The molecular weight excluding hydrogens is 1090 g/mol. The van der Waals surface area contributed by atoms with Gasteiger partial charge >= 0.3 is 5.97 Å². The minimum absolute atomic E-state index is 0.00808. The van der Waals surface area contributed by atoms with E-state index in [9.17, 15) is 91.0 Å². The molecule has 0 bridgehead atoms. The summed E-state index contributed by atoms with van der Waals surface area (Å²) in [4.78, 5) is 37.1. The molecule has 464 valence electrons. The SMILES string of the molecule is COC(=O)CCCCCO[C@@H]1O[C@H](CO)[C@@H](O[C@@H]2O[C@H](CO)[C@H](O)[C@H](O[C@@H]3O[C@H](CO)[C@@H](O[C@@H]4O[C@H](CO)[C@H](O)[C@H](O)[C@H]4O[C@@H]4O[C@@H](C)[C@@H](O)[C@@H](O)[C@@H]4O)[C@H](O[C@@H]4O[C@@H](C)[C@@H](O)[C@@H](O)[C@@H]4O)[C@H]3NC(C)=O)[C@H]2O)[C@H](O)[C@H]1NC(C)=O. The first-order valence-corrected chi connectivity index (χ1v) is 26.3. The van der Waals surface area contributed by atoms with Crippen LogP contribution < -0.4 is 10.6 Å². The zero-order valence-corrected chi connectivity index (χ0v) is 44.4. The molecule has 80 heavy (non-hydrogen) atoms. The van der Waals surface area contributed by atoms with Crippen LogP contribution in [0, 0.1) is 0 Å². The van der Waals surface area contributed by atoms with Gasteiger partial charge in [0.15, 0.2) is 37.7 Å². The first-order valence-electron chi connectivity index (χ1n) is 26.3. The number of aliphatic hydroxyl groups excluding tert-OH is 15. The van der Waals surface area contributed by atoms with Crippen molar-refractivity contribution >= 4 is 17.8 Å². The van der Waals surface area contributed by atoms with Crippen molar-refractivity contribution in [3.8, 4) is 0 Å². The summed E-state index contributed by atoms with van der Waals surface area (Å²) in [6, 6.07) is -3.24. The molecule has 6 fully saturated rings. The maximum absolute atomic E-state index is 13.2. The number of ether oxygens (including phenoxy) is 13. The lowest BCUT2D eigenvalue weighted by atomic mass is 9.93. The zero-order chi connectivity index (χ0) is 59.0. The molecule has 0 saturated carbocycles. The molecule has 33 heteroatoms. The number of rotatable bonds is 23. The fraction of sp³-hybridized carbons (Fsp3) is 0.936. The Kier molecular flexibility index (Phi) is 24.9. The fourth-order valence-electron chi connectivity index (χ4n) is 10.2. The molecule has 6 aliphatic heterocycles. The zero-order valence-electron chi connectivity index (χ0n) is 44.4. The maximum Gasteiger partial charge on any atom is 0.305 e. The Balaban J connectivity index is 1.31. The second-order valence-corrected chi connectivity index (χ2v) is 20.4. The van der Waals surface area contributed by atoms with Crippen LogP contribution in [0.15, 0.2) is 0 Å². The Labute approximate surface area is 457 Å². The first kappa shape index (κ1) is 66.5. The van der Waals surface area contributed by atoms with Crippen LogP contribution in [0.1, 0.15) is 53.4 Å². The lowest BCUT2D eigenvalue weighted by molar-refractivity contribution is -0.400. The number of hydrogen-bond acceptors (Lipinski definition) is 31. The van der Waals surface area contributed by atoms with Crippen LogP contribution in [-0.2, 0) is 76.0 Å². The third-order valence-electron chi connectivity index (χ3n) is 14.7. The number of carbonyl (C=O) groups excluding carboxylic acids is 3. The van der Waals surface area contributed by atoms with Gasteiger partial charge in [0, 0.05) is 26.9 Å². The number of hydrogen-bond donors (Lipinski definition) is 17. The number of carbonyl (C=O) groups is 3. The summed E-state index contributed by atoms with van der Waals surface area (Å²) < 4.78 is 76.3. The standard InChI is InChI=1S/C47H80N2O31/c1-15-26(57)31(62)34(65)44(70-15)78-39-25(49-18(4)55)43(75-22(14-53)38(39)77-47-41(33(64)28(59)19(11-50)73-47)80-45-35(66)32(63)27(58)16(2)71-45)79-40-29(60)20(12-51)72-46(36(40)67)76-37-21(13-52)74-42(24(30(37)61)48-17(3)54)69-10-8-6-7-9-23(56)68-5/h15-16,19-22,24-47,50-53,57-67H,6-14H2,1-5H3,(H,48,54)(H,49,55)/t15-,16-,19+,20+,21+,22+,24+,25+,26+,27+,28-,29-,30+,31+,32+,33-,34-,35-,36+,37+,38+,39+,40-,41+,42+,43-,44-,45-,46-,47-/m0/s1. The molecule has 6 saturated heterocycles. The molecule has 0 unspecified atom stereocenters. The van der Waals surface area contributed by atoms with Crippen molar-refractivity contribution in [2.24, 2.45) is 0 Å². The Morgan fingerprint density at radius 2 is 0.850 bits per heavy atom. The van der Waals surface area contributed by atoms with Gasteiger partial charge < -0.3 is 149 Å². The quantitative estimate of drug-likeness (QED) is 0.0334. The summed E-state index contributed by atoms with van der Waals surface area (Å²) in [5.41, 5.74) is 0. The van der Waals surface area contributed by atoms with Crippen LogP contribution in [-0.4, -0.2) is 319 Å². The predicted molar refractivity (Wildman–Crippen MR) is 254 cm³/mol. The number of methoxy groups -OCH3 is 1. The van der Waals surface area contributed by atoms with Crippen LogP contribution >= 0.6 is 0 Å². The average Bonchev–Trinajstić information content (AvgIpc) is 3.42. The van der Waals surface area contributed by atoms with Gasteiger partial charge in [-0.15, -0.1) is 0 Å². The molecule has 2 amide bonds. The van der Waals surface area contributed by atoms with Gasteiger partial charge in [0.2, 0.25) is 11.8 Å². The number of unbranched alkanes of at least 4 members (excludes halogenated alkanes) is 2. The summed E-state index contributed by atoms with van der Waals surface area (Å²) in [6.07, 6.45) is -49.8. The Hall–Kier alpha value is -2.67. The highest BCUT2D eigenvalue weighted by Gasteiger charge is 2.59. The van der Waals surface area contributed by atoms with E-state index < -0.39 is 228 Å². The van der Waals surface area contributed by atoms with E-state index in [1.54, 1.807) is 0 Å². The topological polar surface area (TPSA) is 499 Å². The molecule has 6 rings (SSSR count). The smallest absolute Gasteiger partial charge is 0.305 e. The van der Waals surface area contributed by atoms with Crippen molar-refractivity contribution < 1.29 is 153 Å². The monoisotopic (exact) mass is 1170 g/mol. The largest absolute Gasteiger partial charge is 0.469 e. The molecule has 6 heterocycles. The number of amides is 2. The Morgan fingerprint density at radius 3 is 1.40 bits per heavy atom. The molecule has 0 aromatic heterocycles. The van der Waals surface area contributed by atoms with E-state index in [1.807, 2.05) is 0 Å². The molecule has 0 radical (unpaired) electrons. The van der Waals surface area contributed by atoms with Gasteiger partial charge in [-0.3, -0.25) is 14.4 Å². The number of nitrogens with one attached hydrogen (secondary N) is 2. The van der Waals surface area contributed by atoms with Crippen LogP contribution in [0.25, 0.3) is 0 Å². The molecule has 0 aliphatic carbocycles. The van der Waals surface area contributed by atoms with Crippen molar-refractivity contribution in [2.75, 3.05) is 40.1 Å². The van der Waals surface area contributed by atoms with Crippen molar-refractivity contribution in [3.63, 3.8) is 0 Å². The van der Waals surface area contributed by atoms with Crippen molar-refractivity contribution in [2.45, 2.75) is 237 Å². The van der Waals surface area contributed by atoms with E-state index in [-0.39, 0.29) is 13.0 Å². The van der Waals surface area contributed by atoms with Gasteiger partial charge in [-0.2, -0.15) is 0 Å². The summed E-state index contributed by atoms with van der Waals surface area (Å²) in [7, 11) is 1.26. The molecule has 33 nitrogen and oxygen atoms in total. The second kappa shape index (κ2) is 29.9. The molecular formula is C47H80N2O31. The van der Waals surface area contributed by atoms with E-state index in [0.29, 0.717) is 19.3 Å². The van der Waals surface area contributed by atoms with Crippen molar-refractivity contribution in [3.05, 3.63) is 0 Å². The molecule has 0 spiro atoms. The number of esters is 1. The van der Waals surface area contributed by atoms with E-state index in [0.717, 1.165) is 13.8 Å². The van der Waals surface area contributed by atoms with Gasteiger partial charge in [-0.1, -0.05) is 6.42 Å². The van der Waals surface area contributed by atoms with E-state index in [1.165, 1.54) is 21.0 Å². The van der Waals surface area contributed by atoms with Gasteiger partial charge in [-0.25, -0.2) is 0 Å². The van der Waals surface area contributed by atoms with E-state index in [2.05, 4.69) is 15.4 Å². The summed E-state index contributed by atoms with van der Waals surface area (Å²) in [5, 5.41) is 169. The summed E-state index contributed by atoms with van der Waals surface area (Å²) >= 11 is 0. The van der Waals surface area contributed by atoms with Gasteiger partial charge in [0.1, 0.15) is 134 Å². The van der Waals surface area contributed by atoms with Crippen molar-refractivity contribution in [1.29, 1.82) is 0 Å². The summed E-state index contributed by atoms with van der Waals surface area (Å²) in [6.45, 7) is 0.825. The fourth-order valence-corrected chi connectivity index (χ4v) is 10.2. The Morgan fingerprint density at radius 1 is 0.400 bits per heavy atom. The van der Waals surface area contributed by atoms with E-state index >= 15 is 0 Å². The van der Waals surface area contributed by atoms with Gasteiger partial charge in [0.25, 0.3) is 0 Å². The van der Waals surface area contributed by atoms with Crippen LogP contribution in [0.2, 0.25) is 0 Å². The molecule has 6 aliphatic rings. The normalized spacial score (nSPS) is 46.4. The highest BCUT2D eigenvalue weighted by Crippen LogP contribution is 2.38. The predicted octanol–water partition coefficient (Wildman–Crippen LogP) is -10.00. The maximum atomic E-state index is 13.2. The average molecular weight is 1170 g/mol. The minimum atomic E-state index is -2.20. The molecule has 0 aromatic carbocycles. The lowest BCUT2D eigenvalue weighted by Crippen LogP contribution is -2.71. The lowest BCUT2D eigenvalue weighted by Gasteiger charge is -2.52. The van der Waals surface area contributed by atoms with Crippen LogP contribution in [0.3, 0.4) is 0 Å². The van der Waals surface area contributed by atoms with Crippen molar-refractivity contribution in [1.82, 2.24) is 10.6 Å². The second-order valence-electron chi connectivity index (χ2n) is 20.4. The van der Waals surface area contributed by atoms with E-state index in [4.69, 9.17) is 56.8 Å². The van der Waals surface area contributed by atoms with Crippen LogP contribution in [0.5, 0.6) is 0 Å². The third-order valence-corrected chi connectivity index (χ3v) is 14.7. The first-order chi connectivity index (χ1) is 37.9. The highest BCUT2D eigenvalue weighted by molar-refractivity contribution is 5.73. The highest BCUT2D eigenvalue weighted by atomic mass is 16.8. The van der Waals surface area contributed by atoms with Gasteiger partial charge in [0.05, 0.1) is 45.7 Å². The Bertz CT molecular complexity index is 1940. The molecule has 0 aromatic rings. The molecule has 30 atom stereocenters. The third kappa shape index (κ3) is 15.4. The molecule has 17 N–H and O–H groups in total.